The van der Waals surface area contributed by atoms with Gasteiger partial charge in [0.1, 0.15) is 5.75 Å². The second-order valence-electron chi connectivity index (χ2n) is 5.04. The van der Waals surface area contributed by atoms with Gasteiger partial charge in [0.2, 0.25) is 0 Å². The Hall–Kier alpha value is -1.58. The van der Waals surface area contributed by atoms with Crippen molar-refractivity contribution in [2.75, 3.05) is 24.6 Å². The van der Waals surface area contributed by atoms with Gasteiger partial charge >= 0.3 is 0 Å². The SMILES string of the molecule is O=NC1CCN(c2cccc3c2OCCC3)CC1. The first kappa shape index (κ1) is 11.5. The molecular formula is C14H18N2O2. The minimum absolute atomic E-state index is 0.00158. The number of anilines is 1. The average Bonchev–Trinajstić information content (AvgIpc) is 2.47. The smallest absolute Gasteiger partial charge is 0.145 e. The molecule has 2 heterocycles. The number of piperidine rings is 1. The van der Waals surface area contributed by atoms with Crippen LogP contribution in [-0.2, 0) is 6.42 Å². The van der Waals surface area contributed by atoms with Gasteiger partial charge in [0.05, 0.1) is 18.3 Å². The van der Waals surface area contributed by atoms with Gasteiger partial charge in [-0.3, -0.25) is 0 Å². The topological polar surface area (TPSA) is 41.9 Å². The first-order chi connectivity index (χ1) is 8.88. The van der Waals surface area contributed by atoms with Crippen LogP contribution in [0.4, 0.5) is 5.69 Å². The Morgan fingerprint density at radius 2 is 2.11 bits per heavy atom. The molecule has 1 saturated heterocycles. The molecule has 4 nitrogen and oxygen atoms in total. The molecule has 0 amide bonds. The second kappa shape index (κ2) is 4.96. The number of aryl methyl sites for hydroxylation is 1. The number of benzene rings is 1. The molecule has 0 bridgehead atoms. The van der Waals surface area contributed by atoms with E-state index in [1.165, 1.54) is 11.3 Å². The van der Waals surface area contributed by atoms with Gasteiger partial charge in [-0.15, -0.1) is 0 Å². The predicted octanol–water partition coefficient (Wildman–Crippen LogP) is 2.75. The molecule has 1 fully saturated rings. The number of ether oxygens (including phenoxy) is 1. The monoisotopic (exact) mass is 246 g/mol. The fraction of sp³-hybridized carbons (Fsp3) is 0.571. The van der Waals surface area contributed by atoms with Crippen LogP contribution in [0.2, 0.25) is 0 Å². The third-order valence-electron chi connectivity index (χ3n) is 3.87. The van der Waals surface area contributed by atoms with Crippen molar-refractivity contribution in [3.05, 3.63) is 28.7 Å². The van der Waals surface area contributed by atoms with Crippen LogP contribution in [-0.4, -0.2) is 25.7 Å². The lowest BCUT2D eigenvalue weighted by Gasteiger charge is -2.33. The van der Waals surface area contributed by atoms with Gasteiger partial charge in [-0.05, 0) is 37.3 Å². The van der Waals surface area contributed by atoms with Gasteiger partial charge < -0.3 is 9.64 Å². The standard InChI is InChI=1S/C14H18N2O2/c17-15-12-6-8-16(9-7-12)13-5-1-3-11-4-2-10-18-14(11)13/h1,3,5,12H,2,4,6-10H2. The van der Waals surface area contributed by atoms with Gasteiger partial charge in [0.25, 0.3) is 0 Å². The summed E-state index contributed by atoms with van der Waals surface area (Å²) in [7, 11) is 0. The molecule has 0 spiro atoms. The number of para-hydroxylation sites is 1. The second-order valence-corrected chi connectivity index (χ2v) is 5.04. The molecule has 2 aliphatic heterocycles. The first-order valence-corrected chi connectivity index (χ1v) is 6.70. The summed E-state index contributed by atoms with van der Waals surface area (Å²) in [6.07, 6.45) is 3.92. The summed E-state index contributed by atoms with van der Waals surface area (Å²) in [5, 5.41) is 3.16. The fourth-order valence-electron chi connectivity index (χ4n) is 2.83. The largest absolute Gasteiger partial charge is 0.491 e. The minimum atomic E-state index is 0.00158. The number of hydrogen-bond acceptors (Lipinski definition) is 4. The van der Waals surface area contributed by atoms with Crippen molar-refractivity contribution >= 4 is 5.69 Å². The number of rotatable bonds is 2. The van der Waals surface area contributed by atoms with Crippen LogP contribution in [0.5, 0.6) is 5.75 Å². The Kier molecular flexibility index (Phi) is 3.17. The van der Waals surface area contributed by atoms with E-state index < -0.39 is 0 Å². The van der Waals surface area contributed by atoms with Crippen LogP contribution in [0.25, 0.3) is 0 Å². The van der Waals surface area contributed by atoms with Crippen LogP contribution in [0.1, 0.15) is 24.8 Å². The highest BCUT2D eigenvalue weighted by atomic mass is 16.5. The number of nitroso groups, excluding NO2 is 1. The maximum atomic E-state index is 10.5. The predicted molar refractivity (Wildman–Crippen MR) is 71.3 cm³/mol. The van der Waals surface area contributed by atoms with E-state index in [9.17, 15) is 4.91 Å². The molecule has 0 unspecified atom stereocenters. The third-order valence-corrected chi connectivity index (χ3v) is 3.87. The number of fused-ring (bicyclic) bond motifs is 1. The Bertz CT molecular complexity index is 439. The summed E-state index contributed by atoms with van der Waals surface area (Å²) < 4.78 is 5.83. The van der Waals surface area contributed by atoms with Crippen molar-refractivity contribution in [2.24, 2.45) is 5.18 Å². The quantitative estimate of drug-likeness (QED) is 0.753. The van der Waals surface area contributed by atoms with Crippen LogP contribution in [0.3, 0.4) is 0 Å². The summed E-state index contributed by atoms with van der Waals surface area (Å²) in [5.74, 6) is 1.06. The number of nitrogens with zero attached hydrogens (tertiary/aromatic N) is 2. The Morgan fingerprint density at radius 3 is 2.89 bits per heavy atom. The van der Waals surface area contributed by atoms with Crippen molar-refractivity contribution in [2.45, 2.75) is 31.7 Å². The molecule has 1 aromatic rings. The molecule has 3 rings (SSSR count). The molecule has 0 saturated carbocycles. The van der Waals surface area contributed by atoms with Gasteiger partial charge in [0.15, 0.2) is 0 Å². The highest BCUT2D eigenvalue weighted by Gasteiger charge is 2.24. The molecule has 0 atom stereocenters. The van der Waals surface area contributed by atoms with E-state index in [0.717, 1.165) is 51.1 Å². The first-order valence-electron chi connectivity index (χ1n) is 6.70. The molecule has 18 heavy (non-hydrogen) atoms. The zero-order chi connectivity index (χ0) is 12.4. The molecule has 4 heteroatoms. The summed E-state index contributed by atoms with van der Waals surface area (Å²) >= 11 is 0. The fourth-order valence-corrected chi connectivity index (χ4v) is 2.83. The summed E-state index contributed by atoms with van der Waals surface area (Å²) in [4.78, 5) is 12.9. The Labute approximate surface area is 107 Å². The van der Waals surface area contributed by atoms with Gasteiger partial charge in [-0.1, -0.05) is 17.3 Å². The lowest BCUT2D eigenvalue weighted by Crippen LogP contribution is -2.35. The molecule has 0 aliphatic carbocycles. The zero-order valence-corrected chi connectivity index (χ0v) is 10.5. The van der Waals surface area contributed by atoms with E-state index in [0.29, 0.717) is 0 Å². The molecule has 2 aliphatic rings. The maximum absolute atomic E-state index is 10.5. The molecule has 1 aromatic carbocycles. The van der Waals surface area contributed by atoms with Gasteiger partial charge in [-0.25, -0.2) is 0 Å². The molecule has 0 aromatic heterocycles. The summed E-state index contributed by atoms with van der Waals surface area (Å²) in [6, 6.07) is 6.38. The van der Waals surface area contributed by atoms with Crippen molar-refractivity contribution in [1.82, 2.24) is 0 Å². The van der Waals surface area contributed by atoms with Crippen LogP contribution < -0.4 is 9.64 Å². The molecule has 0 radical (unpaired) electrons. The van der Waals surface area contributed by atoms with E-state index in [1.54, 1.807) is 0 Å². The highest BCUT2D eigenvalue weighted by Crippen LogP contribution is 2.36. The van der Waals surface area contributed by atoms with Gasteiger partial charge in [0, 0.05) is 13.1 Å². The Balaban J connectivity index is 1.82. The van der Waals surface area contributed by atoms with E-state index in [1.807, 2.05) is 0 Å². The summed E-state index contributed by atoms with van der Waals surface area (Å²) in [5.41, 5.74) is 2.51. The van der Waals surface area contributed by atoms with Crippen LogP contribution >= 0.6 is 0 Å². The van der Waals surface area contributed by atoms with Crippen molar-refractivity contribution < 1.29 is 4.74 Å². The zero-order valence-electron chi connectivity index (χ0n) is 10.5. The van der Waals surface area contributed by atoms with Gasteiger partial charge in [-0.2, -0.15) is 4.91 Å². The summed E-state index contributed by atoms with van der Waals surface area (Å²) in [6.45, 7) is 2.61. The van der Waals surface area contributed by atoms with Crippen LogP contribution in [0.15, 0.2) is 23.4 Å². The minimum Gasteiger partial charge on any atom is -0.491 e. The Morgan fingerprint density at radius 1 is 1.28 bits per heavy atom. The third kappa shape index (κ3) is 2.07. The van der Waals surface area contributed by atoms with E-state index in [-0.39, 0.29) is 6.04 Å². The average molecular weight is 246 g/mol. The highest BCUT2D eigenvalue weighted by molar-refractivity contribution is 5.62. The normalized spacial score (nSPS) is 20.1. The van der Waals surface area contributed by atoms with Crippen molar-refractivity contribution in [1.29, 1.82) is 0 Å². The molecule has 0 N–H and O–H groups in total. The van der Waals surface area contributed by atoms with E-state index >= 15 is 0 Å². The molecular weight excluding hydrogens is 228 g/mol. The van der Waals surface area contributed by atoms with E-state index in [2.05, 4.69) is 28.3 Å². The number of hydrogen-bond donors (Lipinski definition) is 0. The lowest BCUT2D eigenvalue weighted by atomic mass is 10.0. The van der Waals surface area contributed by atoms with Crippen molar-refractivity contribution in [3.8, 4) is 5.75 Å². The van der Waals surface area contributed by atoms with Crippen molar-refractivity contribution in [3.63, 3.8) is 0 Å². The maximum Gasteiger partial charge on any atom is 0.145 e. The lowest BCUT2D eigenvalue weighted by molar-refractivity contribution is 0.288. The molecule has 96 valence electrons. The van der Waals surface area contributed by atoms with Crippen LogP contribution in [0, 0.1) is 4.91 Å². The van der Waals surface area contributed by atoms with E-state index in [4.69, 9.17) is 4.74 Å².